The second-order valence-electron chi connectivity index (χ2n) is 7.55. The van der Waals surface area contributed by atoms with Gasteiger partial charge in [-0.25, -0.2) is 4.39 Å². The molecule has 2 saturated carbocycles. The molecule has 1 aliphatic heterocycles. The van der Waals surface area contributed by atoms with Gasteiger partial charge in [0.25, 0.3) is 0 Å². The average Bonchev–Trinajstić information content (AvgIpc) is 2.95. The van der Waals surface area contributed by atoms with E-state index in [0.717, 1.165) is 0 Å². The second-order valence-corrected chi connectivity index (χ2v) is 8.80. The maximum atomic E-state index is 15.3. The summed E-state index contributed by atoms with van der Waals surface area (Å²) in [5.41, 5.74) is -2.77. The fourth-order valence-corrected chi connectivity index (χ4v) is 6.33. The van der Waals surface area contributed by atoms with Crippen LogP contribution in [0.4, 0.5) is 4.39 Å². The van der Waals surface area contributed by atoms with Crippen LogP contribution in [-0.4, -0.2) is 52.5 Å². The quantitative estimate of drug-likeness (QED) is 0.757. The zero-order chi connectivity index (χ0) is 17.7. The van der Waals surface area contributed by atoms with E-state index in [1.54, 1.807) is 6.92 Å². The van der Waals surface area contributed by atoms with Crippen LogP contribution in [-0.2, 0) is 19.1 Å². The van der Waals surface area contributed by atoms with E-state index in [4.69, 9.17) is 9.47 Å². The van der Waals surface area contributed by atoms with Gasteiger partial charge in [-0.1, -0.05) is 6.92 Å². The van der Waals surface area contributed by atoms with E-state index >= 15 is 4.39 Å². The second kappa shape index (κ2) is 6.16. The number of hydrogen-bond donors (Lipinski definition) is 1. The zero-order valence-corrected chi connectivity index (χ0v) is 15.1. The maximum absolute atomic E-state index is 15.3. The molecule has 0 amide bonds. The van der Waals surface area contributed by atoms with Gasteiger partial charge in [-0.3, -0.25) is 9.59 Å². The van der Waals surface area contributed by atoms with Crippen molar-refractivity contribution < 1.29 is 28.6 Å². The van der Waals surface area contributed by atoms with Gasteiger partial charge in [-0.2, -0.15) is 11.8 Å². The molecular formula is C17H25FO5S. The van der Waals surface area contributed by atoms with E-state index in [-0.39, 0.29) is 24.2 Å². The van der Waals surface area contributed by atoms with Crippen molar-refractivity contribution in [1.29, 1.82) is 0 Å². The summed E-state index contributed by atoms with van der Waals surface area (Å²) >= 11 is 1.33. The van der Waals surface area contributed by atoms with Crippen LogP contribution in [0.25, 0.3) is 0 Å². The van der Waals surface area contributed by atoms with E-state index in [0.29, 0.717) is 25.0 Å². The third-order valence-electron chi connectivity index (χ3n) is 5.95. The van der Waals surface area contributed by atoms with E-state index in [9.17, 15) is 14.7 Å². The molecule has 7 heteroatoms. The Morgan fingerprint density at radius 1 is 1.54 bits per heavy atom. The third kappa shape index (κ3) is 2.64. The van der Waals surface area contributed by atoms with E-state index in [1.165, 1.54) is 25.8 Å². The highest BCUT2D eigenvalue weighted by Crippen LogP contribution is 2.60. The highest BCUT2D eigenvalue weighted by Gasteiger charge is 2.71. The molecule has 0 radical (unpaired) electrons. The van der Waals surface area contributed by atoms with Gasteiger partial charge in [0.2, 0.25) is 0 Å². The molecule has 0 aromatic heterocycles. The number of carbonyl (C=O) groups is 2. The molecule has 0 aromatic rings. The first-order valence-electron chi connectivity index (χ1n) is 8.53. The van der Waals surface area contributed by atoms with Crippen molar-refractivity contribution >= 4 is 23.7 Å². The molecule has 3 fully saturated rings. The summed E-state index contributed by atoms with van der Waals surface area (Å²) in [6, 6.07) is 0. The molecule has 0 bridgehead atoms. The highest BCUT2D eigenvalue weighted by atomic mass is 32.2. The standard InChI is InChI=1S/C17H25FO5S/c1-9(14(19)22-3)6-7-24-13-12-15(20)23-11-5-4-10(17(11,12)21)8-16(13,2)18/h9-13,21H,4-8H2,1-3H3/t9-,10+,11+,12?,13-,16-,17+/m0/s1. The Hall–Kier alpha value is -0.820. The van der Waals surface area contributed by atoms with Gasteiger partial charge in [0.1, 0.15) is 23.3 Å². The Balaban J connectivity index is 1.74. The van der Waals surface area contributed by atoms with Gasteiger partial charge < -0.3 is 14.6 Å². The monoisotopic (exact) mass is 360 g/mol. The molecule has 3 rings (SSSR count). The van der Waals surface area contributed by atoms with E-state index < -0.39 is 34.5 Å². The predicted octanol–water partition coefficient (Wildman–Crippen LogP) is 2.10. The van der Waals surface area contributed by atoms with Gasteiger partial charge in [0.05, 0.1) is 18.3 Å². The van der Waals surface area contributed by atoms with Crippen LogP contribution >= 0.6 is 11.8 Å². The Labute approximate surface area is 145 Å². The van der Waals surface area contributed by atoms with Crippen molar-refractivity contribution in [2.45, 2.75) is 62.2 Å². The maximum Gasteiger partial charge on any atom is 0.313 e. The van der Waals surface area contributed by atoms with E-state index in [2.05, 4.69) is 0 Å². The van der Waals surface area contributed by atoms with Crippen molar-refractivity contribution in [3.8, 4) is 0 Å². The smallest absolute Gasteiger partial charge is 0.313 e. The number of hydrogen-bond acceptors (Lipinski definition) is 6. The molecule has 0 spiro atoms. The summed E-state index contributed by atoms with van der Waals surface area (Å²) in [6.45, 7) is 3.29. The zero-order valence-electron chi connectivity index (χ0n) is 14.3. The molecule has 2 aliphatic carbocycles. The number of ether oxygens (including phenoxy) is 2. The number of halogens is 1. The fraction of sp³-hybridized carbons (Fsp3) is 0.882. The molecule has 136 valence electrons. The molecule has 24 heavy (non-hydrogen) atoms. The van der Waals surface area contributed by atoms with Gasteiger partial charge >= 0.3 is 11.9 Å². The molecule has 0 aromatic carbocycles. The van der Waals surface area contributed by atoms with Crippen LogP contribution in [0.2, 0.25) is 0 Å². The third-order valence-corrected chi connectivity index (χ3v) is 7.55. The average molecular weight is 360 g/mol. The van der Waals surface area contributed by atoms with Crippen molar-refractivity contribution in [3.63, 3.8) is 0 Å². The van der Waals surface area contributed by atoms with Crippen LogP contribution in [0.3, 0.4) is 0 Å². The summed E-state index contributed by atoms with van der Waals surface area (Å²) in [7, 11) is 1.34. The molecule has 3 aliphatic rings. The topological polar surface area (TPSA) is 72.8 Å². The molecule has 5 nitrogen and oxygen atoms in total. The van der Waals surface area contributed by atoms with Crippen LogP contribution in [0.1, 0.15) is 39.5 Å². The number of alkyl halides is 1. The van der Waals surface area contributed by atoms with Crippen LogP contribution in [0, 0.1) is 17.8 Å². The Morgan fingerprint density at radius 3 is 2.92 bits per heavy atom. The SMILES string of the molecule is COC(=O)[C@@H](C)CCS[C@H]1C2C(=O)O[C@@H]3CC[C@H](C[C@]1(C)F)[C@]23O. The lowest BCUT2D eigenvalue weighted by Gasteiger charge is -2.47. The van der Waals surface area contributed by atoms with Gasteiger partial charge in [-0.15, -0.1) is 0 Å². The summed E-state index contributed by atoms with van der Waals surface area (Å²) in [6.07, 6.45) is 1.60. The first-order valence-corrected chi connectivity index (χ1v) is 9.58. The summed E-state index contributed by atoms with van der Waals surface area (Å²) in [5.74, 6) is -1.57. The summed E-state index contributed by atoms with van der Waals surface area (Å²) in [4.78, 5) is 23.8. The molecule has 1 saturated heterocycles. The first kappa shape index (κ1) is 18.0. The molecule has 7 atom stereocenters. The normalized spacial score (nSPS) is 44.8. The molecule has 1 N–H and O–H groups in total. The lowest BCUT2D eigenvalue weighted by atomic mass is 9.65. The minimum atomic E-state index is -1.54. The highest BCUT2D eigenvalue weighted by molar-refractivity contribution is 8.00. The Morgan fingerprint density at radius 2 is 2.25 bits per heavy atom. The Bertz CT molecular complexity index is 539. The van der Waals surface area contributed by atoms with Gasteiger partial charge in [-0.05, 0) is 44.3 Å². The van der Waals surface area contributed by atoms with E-state index in [1.807, 2.05) is 0 Å². The molecule has 1 unspecified atom stereocenters. The lowest BCUT2D eigenvalue weighted by Crippen LogP contribution is -2.60. The summed E-state index contributed by atoms with van der Waals surface area (Å²) in [5, 5.41) is 10.5. The predicted molar refractivity (Wildman–Crippen MR) is 87.2 cm³/mol. The van der Waals surface area contributed by atoms with Gasteiger partial charge in [0.15, 0.2) is 0 Å². The van der Waals surface area contributed by atoms with Crippen molar-refractivity contribution in [3.05, 3.63) is 0 Å². The Kier molecular flexibility index (Phi) is 4.62. The van der Waals surface area contributed by atoms with Crippen molar-refractivity contribution in [2.75, 3.05) is 12.9 Å². The van der Waals surface area contributed by atoms with Crippen LogP contribution < -0.4 is 0 Å². The molecular weight excluding hydrogens is 335 g/mol. The number of methoxy groups -OCH3 is 1. The van der Waals surface area contributed by atoms with Crippen molar-refractivity contribution in [1.82, 2.24) is 0 Å². The van der Waals surface area contributed by atoms with Crippen molar-refractivity contribution in [2.24, 2.45) is 17.8 Å². The summed E-state index contributed by atoms with van der Waals surface area (Å²) < 4.78 is 25.4. The molecule has 1 heterocycles. The first-order chi connectivity index (χ1) is 11.2. The number of thioether (sulfide) groups is 1. The minimum absolute atomic E-state index is 0.222. The van der Waals surface area contributed by atoms with Crippen LogP contribution in [0.15, 0.2) is 0 Å². The lowest BCUT2D eigenvalue weighted by molar-refractivity contribution is -0.147. The number of aliphatic hydroxyl groups is 1. The fourth-order valence-electron chi connectivity index (χ4n) is 4.63. The largest absolute Gasteiger partial charge is 0.469 e. The number of rotatable bonds is 5. The van der Waals surface area contributed by atoms with Crippen LogP contribution in [0.5, 0.6) is 0 Å². The minimum Gasteiger partial charge on any atom is -0.469 e. The van der Waals surface area contributed by atoms with Gasteiger partial charge in [0, 0.05) is 0 Å². The number of carbonyl (C=O) groups excluding carboxylic acids is 2. The number of esters is 2.